The molecule has 0 fully saturated rings. The molecule has 0 aromatic heterocycles. The lowest BCUT2D eigenvalue weighted by molar-refractivity contribution is 0.102. The second-order valence-corrected chi connectivity index (χ2v) is 8.60. The largest absolute Gasteiger partial charge is 0.495 e. The molecule has 156 valence electrons. The SMILES string of the molecule is CCc1ccc(NS(=O)(=O)c2ccc(OC)c(NC(=O)c3ccc(Cl)cc3)c2)cc1. The predicted molar refractivity (Wildman–Crippen MR) is 119 cm³/mol. The first kappa shape index (κ1) is 21.7. The molecule has 0 bridgehead atoms. The van der Waals surface area contributed by atoms with Gasteiger partial charge >= 0.3 is 0 Å². The molecular formula is C22H21ClN2O4S. The highest BCUT2D eigenvalue weighted by atomic mass is 35.5. The van der Waals surface area contributed by atoms with Gasteiger partial charge in [-0.2, -0.15) is 0 Å². The number of nitrogens with one attached hydrogen (secondary N) is 2. The molecule has 0 atom stereocenters. The Bertz CT molecular complexity index is 1140. The van der Waals surface area contributed by atoms with Crippen molar-refractivity contribution >= 4 is 38.9 Å². The summed E-state index contributed by atoms with van der Waals surface area (Å²) >= 11 is 5.85. The lowest BCUT2D eigenvalue weighted by atomic mass is 10.2. The van der Waals surface area contributed by atoms with E-state index < -0.39 is 15.9 Å². The van der Waals surface area contributed by atoms with Crippen molar-refractivity contribution in [3.05, 3.63) is 82.9 Å². The van der Waals surface area contributed by atoms with E-state index in [2.05, 4.69) is 10.0 Å². The van der Waals surface area contributed by atoms with Gasteiger partial charge in [-0.15, -0.1) is 0 Å². The van der Waals surface area contributed by atoms with Gasteiger partial charge in [-0.3, -0.25) is 9.52 Å². The smallest absolute Gasteiger partial charge is 0.261 e. The number of halogens is 1. The number of rotatable bonds is 7. The number of sulfonamides is 1. The van der Waals surface area contributed by atoms with E-state index in [0.29, 0.717) is 22.0 Å². The molecule has 0 saturated heterocycles. The maximum Gasteiger partial charge on any atom is 0.261 e. The van der Waals surface area contributed by atoms with Crippen LogP contribution in [0.25, 0.3) is 0 Å². The third kappa shape index (κ3) is 5.11. The monoisotopic (exact) mass is 444 g/mol. The highest BCUT2D eigenvalue weighted by molar-refractivity contribution is 7.92. The molecule has 0 heterocycles. The Morgan fingerprint density at radius 3 is 2.27 bits per heavy atom. The molecule has 6 nitrogen and oxygen atoms in total. The summed E-state index contributed by atoms with van der Waals surface area (Å²) in [6.45, 7) is 2.02. The molecule has 0 radical (unpaired) electrons. The number of hydrogen-bond donors (Lipinski definition) is 2. The zero-order valence-corrected chi connectivity index (χ0v) is 18.0. The quantitative estimate of drug-likeness (QED) is 0.539. The molecule has 3 rings (SSSR count). The number of aryl methyl sites for hydroxylation is 1. The van der Waals surface area contributed by atoms with Gasteiger partial charge in [0.2, 0.25) is 0 Å². The van der Waals surface area contributed by atoms with Crippen LogP contribution in [0.5, 0.6) is 5.75 Å². The van der Waals surface area contributed by atoms with Gasteiger partial charge in [0.1, 0.15) is 5.75 Å². The van der Waals surface area contributed by atoms with Gasteiger partial charge in [0, 0.05) is 16.3 Å². The molecule has 8 heteroatoms. The third-order valence-corrected chi connectivity index (χ3v) is 6.08. The molecule has 2 N–H and O–H groups in total. The van der Waals surface area contributed by atoms with Crippen molar-refractivity contribution in [2.75, 3.05) is 17.1 Å². The summed E-state index contributed by atoms with van der Waals surface area (Å²) in [5.41, 5.74) is 2.18. The van der Waals surface area contributed by atoms with E-state index in [1.165, 1.54) is 25.3 Å². The van der Waals surface area contributed by atoms with E-state index in [0.717, 1.165) is 12.0 Å². The molecule has 3 aromatic carbocycles. The van der Waals surface area contributed by atoms with Crippen LogP contribution >= 0.6 is 11.6 Å². The first-order valence-corrected chi connectivity index (χ1v) is 11.0. The Hall–Kier alpha value is -3.03. The van der Waals surface area contributed by atoms with Crippen LogP contribution in [0.1, 0.15) is 22.8 Å². The van der Waals surface area contributed by atoms with Gasteiger partial charge < -0.3 is 10.1 Å². The van der Waals surface area contributed by atoms with E-state index in [9.17, 15) is 13.2 Å². The van der Waals surface area contributed by atoms with Crippen LogP contribution in [-0.4, -0.2) is 21.4 Å². The normalized spacial score (nSPS) is 11.0. The van der Waals surface area contributed by atoms with E-state index in [-0.39, 0.29) is 10.6 Å². The minimum Gasteiger partial charge on any atom is -0.495 e. The van der Waals surface area contributed by atoms with Crippen LogP contribution in [0, 0.1) is 0 Å². The van der Waals surface area contributed by atoms with Crippen molar-refractivity contribution in [3.8, 4) is 5.75 Å². The molecule has 0 unspecified atom stereocenters. The maximum absolute atomic E-state index is 12.8. The van der Waals surface area contributed by atoms with Crippen molar-refractivity contribution in [3.63, 3.8) is 0 Å². The minimum absolute atomic E-state index is 0.00530. The number of carbonyl (C=O) groups is 1. The van der Waals surface area contributed by atoms with Crippen molar-refractivity contribution < 1.29 is 17.9 Å². The van der Waals surface area contributed by atoms with Crippen LogP contribution in [0.3, 0.4) is 0 Å². The Morgan fingerprint density at radius 1 is 1.00 bits per heavy atom. The van der Waals surface area contributed by atoms with E-state index in [1.54, 1.807) is 36.4 Å². The molecule has 0 aliphatic carbocycles. The van der Waals surface area contributed by atoms with Gasteiger partial charge in [-0.05, 0) is 66.6 Å². The first-order valence-electron chi connectivity index (χ1n) is 9.19. The fraction of sp³-hybridized carbons (Fsp3) is 0.136. The summed E-state index contributed by atoms with van der Waals surface area (Å²) in [5.74, 6) is -0.0776. The molecule has 0 aliphatic rings. The van der Waals surface area contributed by atoms with Crippen molar-refractivity contribution in [1.82, 2.24) is 0 Å². The average Bonchev–Trinajstić information content (AvgIpc) is 2.74. The Kier molecular flexibility index (Phi) is 6.64. The average molecular weight is 445 g/mol. The van der Waals surface area contributed by atoms with Gasteiger partial charge in [-0.1, -0.05) is 30.7 Å². The minimum atomic E-state index is -3.86. The van der Waals surface area contributed by atoms with Crippen molar-refractivity contribution in [2.45, 2.75) is 18.2 Å². The summed E-state index contributed by atoms with van der Waals surface area (Å²) in [7, 11) is -2.42. The van der Waals surface area contributed by atoms with E-state index in [1.807, 2.05) is 19.1 Å². The Morgan fingerprint density at radius 2 is 1.67 bits per heavy atom. The summed E-state index contributed by atoms with van der Waals surface area (Å²) in [6.07, 6.45) is 0.863. The first-order chi connectivity index (χ1) is 14.3. The highest BCUT2D eigenvalue weighted by Crippen LogP contribution is 2.29. The Balaban J connectivity index is 1.86. The van der Waals surface area contributed by atoms with Crippen LogP contribution in [-0.2, 0) is 16.4 Å². The fourth-order valence-corrected chi connectivity index (χ4v) is 3.98. The number of amides is 1. The highest BCUT2D eigenvalue weighted by Gasteiger charge is 2.18. The molecular weight excluding hydrogens is 424 g/mol. The van der Waals surface area contributed by atoms with Gasteiger partial charge in [0.05, 0.1) is 17.7 Å². The maximum atomic E-state index is 12.8. The second-order valence-electron chi connectivity index (χ2n) is 6.48. The van der Waals surface area contributed by atoms with E-state index in [4.69, 9.17) is 16.3 Å². The van der Waals surface area contributed by atoms with Gasteiger partial charge in [-0.25, -0.2) is 8.42 Å². The second kappa shape index (κ2) is 9.19. The van der Waals surface area contributed by atoms with Crippen LogP contribution in [0.15, 0.2) is 71.6 Å². The topological polar surface area (TPSA) is 84.5 Å². The molecule has 0 aliphatic heterocycles. The molecule has 3 aromatic rings. The fourth-order valence-electron chi connectivity index (χ4n) is 2.77. The number of hydrogen-bond acceptors (Lipinski definition) is 4. The molecule has 30 heavy (non-hydrogen) atoms. The number of ether oxygens (including phenoxy) is 1. The zero-order valence-electron chi connectivity index (χ0n) is 16.5. The summed E-state index contributed by atoms with van der Waals surface area (Å²) < 4.78 is 33.5. The van der Waals surface area contributed by atoms with Gasteiger partial charge in [0.15, 0.2) is 0 Å². The molecule has 1 amide bonds. The Labute approximate surface area is 180 Å². The summed E-state index contributed by atoms with van der Waals surface area (Å²) in [5, 5.41) is 3.20. The number of anilines is 2. The standard InChI is InChI=1S/C22H21ClN2O4S/c1-3-15-4-10-18(11-5-15)25-30(27,28)19-12-13-21(29-2)20(14-19)24-22(26)16-6-8-17(23)9-7-16/h4-14,25H,3H2,1-2H3,(H,24,26). The van der Waals surface area contributed by atoms with E-state index >= 15 is 0 Å². The lowest BCUT2D eigenvalue weighted by Gasteiger charge is -2.14. The van der Waals surface area contributed by atoms with Gasteiger partial charge in [0.25, 0.3) is 15.9 Å². The third-order valence-electron chi connectivity index (χ3n) is 4.45. The zero-order chi connectivity index (χ0) is 21.7. The van der Waals surface area contributed by atoms with Crippen molar-refractivity contribution in [1.29, 1.82) is 0 Å². The summed E-state index contributed by atoms with van der Waals surface area (Å²) in [6, 6.07) is 17.8. The number of benzene rings is 3. The summed E-state index contributed by atoms with van der Waals surface area (Å²) in [4.78, 5) is 12.5. The number of methoxy groups -OCH3 is 1. The van der Waals surface area contributed by atoms with Crippen LogP contribution < -0.4 is 14.8 Å². The molecule has 0 spiro atoms. The predicted octanol–water partition coefficient (Wildman–Crippen LogP) is 4.96. The van der Waals surface area contributed by atoms with Crippen LogP contribution in [0.2, 0.25) is 5.02 Å². The number of carbonyl (C=O) groups excluding carboxylic acids is 1. The molecule has 0 saturated carbocycles. The lowest BCUT2D eigenvalue weighted by Crippen LogP contribution is -2.15. The van der Waals surface area contributed by atoms with Crippen molar-refractivity contribution in [2.24, 2.45) is 0 Å². The van der Waals surface area contributed by atoms with Crippen LogP contribution in [0.4, 0.5) is 11.4 Å².